The molecule has 0 aliphatic heterocycles. The zero-order chi connectivity index (χ0) is 14.8. The van der Waals surface area contributed by atoms with Crippen LogP contribution in [0.15, 0.2) is 18.2 Å². The summed E-state index contributed by atoms with van der Waals surface area (Å²) < 4.78 is 0. The van der Waals surface area contributed by atoms with Crippen LogP contribution < -0.4 is 5.32 Å². The fourth-order valence-electron chi connectivity index (χ4n) is 4.53. The molecule has 4 atom stereocenters. The van der Waals surface area contributed by atoms with Crippen molar-refractivity contribution < 1.29 is 0 Å². The minimum atomic E-state index is 0.523. The maximum Gasteiger partial charge on any atom is 0.0624 e. The van der Waals surface area contributed by atoms with E-state index in [0.29, 0.717) is 11.1 Å². The first-order valence-corrected chi connectivity index (χ1v) is 9.09. The van der Waals surface area contributed by atoms with E-state index in [0.717, 1.165) is 35.7 Å². The molecule has 1 nitrogen and oxygen atoms in total. The fourth-order valence-corrected chi connectivity index (χ4v) is 4.93. The van der Waals surface area contributed by atoms with E-state index in [-0.39, 0.29) is 0 Å². The Bertz CT molecular complexity index is 488. The summed E-state index contributed by atoms with van der Waals surface area (Å²) in [6, 6.07) is 6.50. The summed E-state index contributed by atoms with van der Waals surface area (Å²) in [6.45, 7) is 3.21. The molecule has 2 fully saturated rings. The van der Waals surface area contributed by atoms with Gasteiger partial charge in [-0.05, 0) is 68.0 Å². The number of likely N-dealkylation sites (N-methyl/N-ethyl adjacent to an activating group) is 1. The third kappa shape index (κ3) is 3.57. The van der Waals surface area contributed by atoms with E-state index in [2.05, 4.69) is 18.3 Å². The monoisotopic (exact) mass is 325 g/mol. The van der Waals surface area contributed by atoms with Gasteiger partial charge in [-0.3, -0.25) is 0 Å². The van der Waals surface area contributed by atoms with Gasteiger partial charge in [0, 0.05) is 6.04 Å². The highest BCUT2D eigenvalue weighted by molar-refractivity contribution is 6.42. The molecule has 1 N–H and O–H groups in total. The Hall–Kier alpha value is -0.240. The third-order valence-electron chi connectivity index (χ3n) is 5.46. The largest absolute Gasteiger partial charge is 0.314 e. The van der Waals surface area contributed by atoms with Gasteiger partial charge in [-0.1, -0.05) is 48.7 Å². The molecule has 2 aliphatic rings. The van der Waals surface area contributed by atoms with Gasteiger partial charge >= 0.3 is 0 Å². The summed E-state index contributed by atoms with van der Waals surface area (Å²) in [5.74, 6) is 2.94. The number of rotatable bonds is 6. The molecule has 0 heterocycles. The van der Waals surface area contributed by atoms with Crippen LogP contribution in [0.5, 0.6) is 0 Å². The van der Waals surface area contributed by atoms with Gasteiger partial charge in [0.1, 0.15) is 0 Å². The average molecular weight is 326 g/mol. The first-order chi connectivity index (χ1) is 10.2. The van der Waals surface area contributed by atoms with Gasteiger partial charge in [-0.2, -0.15) is 0 Å². The van der Waals surface area contributed by atoms with Crippen molar-refractivity contribution >= 4 is 23.2 Å². The minimum absolute atomic E-state index is 0.523. The molecule has 2 aliphatic carbocycles. The van der Waals surface area contributed by atoms with Crippen LogP contribution in [0, 0.1) is 17.8 Å². The molecule has 0 aromatic heterocycles. The van der Waals surface area contributed by atoms with Gasteiger partial charge in [0.05, 0.1) is 10.0 Å². The van der Waals surface area contributed by atoms with E-state index in [1.54, 1.807) is 0 Å². The van der Waals surface area contributed by atoms with Gasteiger partial charge in [0.25, 0.3) is 0 Å². The Morgan fingerprint density at radius 3 is 2.76 bits per heavy atom. The quantitative estimate of drug-likeness (QED) is 0.744. The van der Waals surface area contributed by atoms with Crippen molar-refractivity contribution in [3.05, 3.63) is 33.8 Å². The van der Waals surface area contributed by atoms with E-state index >= 15 is 0 Å². The summed E-state index contributed by atoms with van der Waals surface area (Å²) in [5, 5.41) is 5.06. The molecule has 0 saturated heterocycles. The van der Waals surface area contributed by atoms with Crippen LogP contribution in [0.25, 0.3) is 0 Å². The standard InChI is InChI=1S/C18H25Cl2N/c1-2-21-16(10-14-4-3-5-17(19)18(14)20)11-15-9-12-6-7-13(15)8-12/h3-5,12-13,15-16,21H,2,6-11H2,1H3. The predicted octanol–water partition coefficient (Wildman–Crippen LogP) is 5.34. The fraction of sp³-hybridized carbons (Fsp3) is 0.667. The van der Waals surface area contributed by atoms with Crippen molar-refractivity contribution in [3.8, 4) is 0 Å². The molecule has 2 saturated carbocycles. The average Bonchev–Trinajstić information content (AvgIpc) is 3.06. The summed E-state index contributed by atoms with van der Waals surface area (Å²) in [5.41, 5.74) is 1.18. The highest BCUT2D eigenvalue weighted by Gasteiger charge is 2.40. The van der Waals surface area contributed by atoms with Gasteiger partial charge in [-0.15, -0.1) is 0 Å². The lowest BCUT2D eigenvalue weighted by Crippen LogP contribution is -2.34. The molecule has 4 unspecified atom stereocenters. The Kier molecular flexibility index (Phi) is 5.14. The number of hydrogen-bond donors (Lipinski definition) is 1. The summed E-state index contributed by atoms with van der Waals surface area (Å²) in [6.07, 6.45) is 8.16. The van der Waals surface area contributed by atoms with Crippen LogP contribution in [-0.4, -0.2) is 12.6 Å². The van der Waals surface area contributed by atoms with Crippen LogP contribution in [-0.2, 0) is 6.42 Å². The Labute approximate surface area is 138 Å². The van der Waals surface area contributed by atoms with Gasteiger partial charge in [-0.25, -0.2) is 0 Å². The van der Waals surface area contributed by atoms with Crippen LogP contribution in [0.2, 0.25) is 10.0 Å². The van der Waals surface area contributed by atoms with E-state index in [4.69, 9.17) is 23.2 Å². The highest BCUT2D eigenvalue weighted by atomic mass is 35.5. The van der Waals surface area contributed by atoms with Crippen molar-refractivity contribution in [3.63, 3.8) is 0 Å². The molecule has 3 heteroatoms. The van der Waals surface area contributed by atoms with Gasteiger partial charge in [0.2, 0.25) is 0 Å². The number of hydrogen-bond acceptors (Lipinski definition) is 1. The van der Waals surface area contributed by atoms with E-state index in [1.807, 2.05) is 12.1 Å². The molecular weight excluding hydrogens is 301 g/mol. The van der Waals surface area contributed by atoms with Gasteiger partial charge in [0.15, 0.2) is 0 Å². The van der Waals surface area contributed by atoms with Crippen molar-refractivity contribution in [2.45, 2.75) is 51.5 Å². The number of halogens is 2. The van der Waals surface area contributed by atoms with Crippen LogP contribution in [0.1, 0.15) is 44.6 Å². The van der Waals surface area contributed by atoms with E-state index in [1.165, 1.54) is 37.7 Å². The van der Waals surface area contributed by atoms with Crippen molar-refractivity contribution in [1.29, 1.82) is 0 Å². The molecule has 3 rings (SSSR count). The van der Waals surface area contributed by atoms with Crippen LogP contribution >= 0.6 is 23.2 Å². The lowest BCUT2D eigenvalue weighted by atomic mass is 9.83. The normalized spacial score (nSPS) is 29.0. The molecule has 21 heavy (non-hydrogen) atoms. The summed E-state index contributed by atoms with van der Waals surface area (Å²) in [4.78, 5) is 0. The maximum absolute atomic E-state index is 6.36. The van der Waals surface area contributed by atoms with Gasteiger partial charge < -0.3 is 5.32 Å². The smallest absolute Gasteiger partial charge is 0.0624 e. The number of fused-ring (bicyclic) bond motifs is 2. The third-order valence-corrected chi connectivity index (χ3v) is 6.32. The molecule has 1 aromatic carbocycles. The topological polar surface area (TPSA) is 12.0 Å². The Morgan fingerprint density at radius 2 is 2.10 bits per heavy atom. The first-order valence-electron chi connectivity index (χ1n) is 8.33. The first kappa shape index (κ1) is 15.6. The molecule has 0 spiro atoms. The second-order valence-electron chi connectivity index (χ2n) is 6.84. The van der Waals surface area contributed by atoms with Crippen LogP contribution in [0.4, 0.5) is 0 Å². The molecule has 2 bridgehead atoms. The number of benzene rings is 1. The van der Waals surface area contributed by atoms with Crippen LogP contribution in [0.3, 0.4) is 0 Å². The molecule has 1 aromatic rings. The SMILES string of the molecule is CCNC(Cc1cccc(Cl)c1Cl)CC1CC2CCC1C2. The minimum Gasteiger partial charge on any atom is -0.314 e. The summed E-state index contributed by atoms with van der Waals surface area (Å²) >= 11 is 12.5. The summed E-state index contributed by atoms with van der Waals surface area (Å²) in [7, 11) is 0. The molecular formula is C18H25Cl2N. The van der Waals surface area contributed by atoms with Crippen molar-refractivity contribution in [1.82, 2.24) is 5.32 Å². The second-order valence-corrected chi connectivity index (χ2v) is 7.63. The van der Waals surface area contributed by atoms with Crippen molar-refractivity contribution in [2.24, 2.45) is 17.8 Å². The van der Waals surface area contributed by atoms with E-state index in [9.17, 15) is 0 Å². The highest BCUT2D eigenvalue weighted by Crippen LogP contribution is 2.50. The maximum atomic E-state index is 6.36. The lowest BCUT2D eigenvalue weighted by molar-refractivity contribution is 0.278. The second kappa shape index (κ2) is 6.89. The molecule has 116 valence electrons. The lowest BCUT2D eigenvalue weighted by Gasteiger charge is -2.27. The molecule has 0 amide bonds. The Morgan fingerprint density at radius 1 is 1.24 bits per heavy atom. The Balaban J connectivity index is 1.65. The molecule has 0 radical (unpaired) electrons. The van der Waals surface area contributed by atoms with Crippen molar-refractivity contribution in [2.75, 3.05) is 6.54 Å². The number of nitrogens with one attached hydrogen (secondary N) is 1. The predicted molar refractivity (Wildman–Crippen MR) is 91.2 cm³/mol. The zero-order valence-corrected chi connectivity index (χ0v) is 14.3. The van der Waals surface area contributed by atoms with E-state index < -0.39 is 0 Å². The zero-order valence-electron chi connectivity index (χ0n) is 12.7.